The zero-order chi connectivity index (χ0) is 22.4. The predicted octanol–water partition coefficient (Wildman–Crippen LogP) is 3.22. The Kier molecular flexibility index (Phi) is 7.46. The number of piperidine rings is 1. The van der Waals surface area contributed by atoms with Crippen LogP contribution in [0.5, 0.6) is 0 Å². The zero-order valence-electron chi connectivity index (χ0n) is 18.7. The SMILES string of the molecule is C=N/C=C(\N=C(/C)c1cnc2cnc(NC(=O)C3CCN(C)CC3)cc2c1)NC(C)C. The van der Waals surface area contributed by atoms with Gasteiger partial charge in [-0.05, 0) is 72.6 Å². The Balaban J connectivity index is 1.79. The summed E-state index contributed by atoms with van der Waals surface area (Å²) < 4.78 is 0. The topological polar surface area (TPSA) is 94.9 Å². The fourth-order valence-electron chi connectivity index (χ4n) is 3.52. The molecule has 3 heterocycles. The molecule has 164 valence electrons. The molecule has 2 N–H and O–H groups in total. The minimum Gasteiger partial charge on any atom is -0.367 e. The number of aliphatic imine (C=N–C) groups is 2. The number of hydrogen-bond donors (Lipinski definition) is 2. The van der Waals surface area contributed by atoms with Crippen LogP contribution in [0.25, 0.3) is 10.9 Å². The summed E-state index contributed by atoms with van der Waals surface area (Å²) in [5.74, 6) is 1.25. The normalized spacial score (nSPS) is 16.5. The van der Waals surface area contributed by atoms with Crippen LogP contribution in [-0.4, -0.2) is 59.4 Å². The van der Waals surface area contributed by atoms with Gasteiger partial charge in [-0.1, -0.05) is 0 Å². The fourth-order valence-corrected chi connectivity index (χ4v) is 3.52. The molecular weight excluding hydrogens is 390 g/mol. The first-order chi connectivity index (χ1) is 14.9. The van der Waals surface area contributed by atoms with Crippen molar-refractivity contribution in [3.63, 3.8) is 0 Å². The quantitative estimate of drug-likeness (QED) is 0.670. The second-order valence-electron chi connectivity index (χ2n) is 8.25. The highest BCUT2D eigenvalue weighted by Crippen LogP contribution is 2.20. The molecule has 0 radical (unpaired) electrons. The molecular formula is C23H31N7O. The lowest BCUT2D eigenvalue weighted by molar-refractivity contribution is -0.121. The van der Waals surface area contributed by atoms with Crippen LogP contribution in [0.1, 0.15) is 39.2 Å². The molecule has 1 amide bonds. The Labute approximate surface area is 183 Å². The number of hydrogen-bond acceptors (Lipinski definition) is 7. The van der Waals surface area contributed by atoms with Crippen LogP contribution in [0.2, 0.25) is 0 Å². The van der Waals surface area contributed by atoms with Gasteiger partial charge in [0.15, 0.2) is 0 Å². The third kappa shape index (κ3) is 6.18. The van der Waals surface area contributed by atoms with Gasteiger partial charge in [0, 0.05) is 34.8 Å². The number of amides is 1. The first kappa shape index (κ1) is 22.6. The highest BCUT2D eigenvalue weighted by molar-refractivity contribution is 6.02. The maximum Gasteiger partial charge on any atom is 0.228 e. The molecule has 8 nitrogen and oxygen atoms in total. The summed E-state index contributed by atoms with van der Waals surface area (Å²) in [6, 6.07) is 4.09. The van der Waals surface area contributed by atoms with E-state index in [0.29, 0.717) is 11.6 Å². The van der Waals surface area contributed by atoms with Gasteiger partial charge in [-0.25, -0.2) is 9.98 Å². The summed E-state index contributed by atoms with van der Waals surface area (Å²) in [6.07, 6.45) is 6.80. The highest BCUT2D eigenvalue weighted by Gasteiger charge is 2.23. The smallest absolute Gasteiger partial charge is 0.228 e. The first-order valence-corrected chi connectivity index (χ1v) is 10.6. The molecule has 1 fully saturated rings. The lowest BCUT2D eigenvalue weighted by Gasteiger charge is -2.27. The molecule has 8 heteroatoms. The first-order valence-electron chi connectivity index (χ1n) is 10.6. The van der Waals surface area contributed by atoms with E-state index in [-0.39, 0.29) is 17.9 Å². The van der Waals surface area contributed by atoms with Gasteiger partial charge in [0.1, 0.15) is 11.6 Å². The third-order valence-corrected chi connectivity index (χ3v) is 5.26. The number of nitrogens with one attached hydrogen (secondary N) is 2. The standard InChI is InChI=1S/C23H31N7O/c1-15(2)27-22(14-24-4)28-16(3)19-10-18-11-21(26-13-20(18)25-12-19)29-23(31)17-6-8-30(5)9-7-17/h10-15,17,27H,4,6-9H2,1-3,5H3,(H,26,29,31)/b22-14-,28-16+. The molecule has 1 saturated heterocycles. The molecule has 0 aliphatic carbocycles. The molecule has 1 aliphatic rings. The average molecular weight is 422 g/mol. The number of likely N-dealkylation sites (tertiary alicyclic amines) is 1. The van der Waals surface area contributed by atoms with Crippen LogP contribution in [0.3, 0.4) is 0 Å². The van der Waals surface area contributed by atoms with E-state index in [1.807, 2.05) is 32.9 Å². The van der Waals surface area contributed by atoms with Crippen molar-refractivity contribution in [2.45, 2.75) is 39.7 Å². The molecule has 0 atom stereocenters. The third-order valence-electron chi connectivity index (χ3n) is 5.26. The van der Waals surface area contributed by atoms with Gasteiger partial charge >= 0.3 is 0 Å². The van der Waals surface area contributed by atoms with E-state index in [2.05, 4.69) is 49.3 Å². The lowest BCUT2D eigenvalue weighted by Crippen LogP contribution is -2.36. The van der Waals surface area contributed by atoms with Crippen molar-refractivity contribution in [3.8, 4) is 0 Å². The number of pyridine rings is 2. The van der Waals surface area contributed by atoms with Crippen LogP contribution < -0.4 is 10.6 Å². The number of carbonyl (C=O) groups is 1. The van der Waals surface area contributed by atoms with E-state index in [1.54, 1.807) is 18.6 Å². The molecule has 0 bridgehead atoms. The van der Waals surface area contributed by atoms with Gasteiger partial charge in [0.25, 0.3) is 0 Å². The van der Waals surface area contributed by atoms with Crippen molar-refractivity contribution in [1.82, 2.24) is 20.2 Å². The van der Waals surface area contributed by atoms with Crippen molar-refractivity contribution in [2.24, 2.45) is 15.9 Å². The maximum absolute atomic E-state index is 12.6. The van der Waals surface area contributed by atoms with Crippen LogP contribution in [0, 0.1) is 5.92 Å². The zero-order valence-corrected chi connectivity index (χ0v) is 18.7. The Morgan fingerprint density at radius 1 is 1.26 bits per heavy atom. The average Bonchev–Trinajstić information content (AvgIpc) is 2.73. The summed E-state index contributed by atoms with van der Waals surface area (Å²) >= 11 is 0. The summed E-state index contributed by atoms with van der Waals surface area (Å²) in [5, 5.41) is 7.11. The maximum atomic E-state index is 12.6. The minimum absolute atomic E-state index is 0.0321. The number of rotatable bonds is 7. The molecule has 0 saturated carbocycles. The number of carbonyl (C=O) groups excluding carboxylic acids is 1. The molecule has 0 spiro atoms. The van der Waals surface area contributed by atoms with Crippen LogP contribution >= 0.6 is 0 Å². The Morgan fingerprint density at radius 3 is 2.68 bits per heavy atom. The van der Waals surface area contributed by atoms with Gasteiger partial charge in [0.05, 0.1) is 17.9 Å². The summed E-state index contributed by atoms with van der Waals surface area (Å²) in [7, 11) is 2.08. The largest absolute Gasteiger partial charge is 0.367 e. The van der Waals surface area contributed by atoms with Crippen LogP contribution in [0.4, 0.5) is 5.82 Å². The van der Waals surface area contributed by atoms with Crippen molar-refractivity contribution >= 4 is 35.1 Å². The molecule has 1 aliphatic heterocycles. The van der Waals surface area contributed by atoms with E-state index in [4.69, 9.17) is 0 Å². The van der Waals surface area contributed by atoms with Gasteiger partial charge in [-0.2, -0.15) is 0 Å². The second kappa shape index (κ2) is 10.3. The van der Waals surface area contributed by atoms with Gasteiger partial charge < -0.3 is 15.5 Å². The molecule has 3 rings (SSSR count). The van der Waals surface area contributed by atoms with E-state index in [0.717, 1.165) is 48.1 Å². The van der Waals surface area contributed by atoms with Crippen molar-refractivity contribution in [1.29, 1.82) is 0 Å². The summed E-state index contributed by atoms with van der Waals surface area (Å²) in [6.45, 7) is 11.4. The van der Waals surface area contributed by atoms with E-state index >= 15 is 0 Å². The Bertz CT molecular complexity index is 1000. The molecule has 2 aromatic rings. The number of nitrogens with zero attached hydrogens (tertiary/aromatic N) is 5. The van der Waals surface area contributed by atoms with Crippen molar-refractivity contribution < 1.29 is 4.79 Å². The highest BCUT2D eigenvalue weighted by atomic mass is 16.1. The second-order valence-corrected chi connectivity index (χ2v) is 8.25. The lowest BCUT2D eigenvalue weighted by atomic mass is 9.96. The predicted molar refractivity (Wildman–Crippen MR) is 127 cm³/mol. The molecule has 2 aromatic heterocycles. The minimum atomic E-state index is 0.0321. The van der Waals surface area contributed by atoms with Crippen LogP contribution in [0.15, 0.2) is 46.5 Å². The monoisotopic (exact) mass is 421 g/mol. The number of anilines is 1. The van der Waals surface area contributed by atoms with Gasteiger partial charge in [-0.15, -0.1) is 0 Å². The number of fused-ring (bicyclic) bond motifs is 1. The van der Waals surface area contributed by atoms with Gasteiger partial charge in [0.2, 0.25) is 5.91 Å². The van der Waals surface area contributed by atoms with Gasteiger partial charge in [-0.3, -0.25) is 14.8 Å². The molecule has 0 unspecified atom stereocenters. The Hall–Kier alpha value is -3.13. The molecule has 31 heavy (non-hydrogen) atoms. The van der Waals surface area contributed by atoms with E-state index in [1.165, 1.54) is 0 Å². The number of aromatic nitrogens is 2. The van der Waals surface area contributed by atoms with E-state index < -0.39 is 0 Å². The van der Waals surface area contributed by atoms with Crippen molar-refractivity contribution in [3.05, 3.63) is 42.1 Å². The molecule has 0 aromatic carbocycles. The summed E-state index contributed by atoms with van der Waals surface area (Å²) in [4.78, 5) is 32.2. The summed E-state index contributed by atoms with van der Waals surface area (Å²) in [5.41, 5.74) is 2.44. The Morgan fingerprint density at radius 2 is 2.00 bits per heavy atom. The van der Waals surface area contributed by atoms with E-state index in [9.17, 15) is 4.79 Å². The van der Waals surface area contributed by atoms with Crippen molar-refractivity contribution in [2.75, 3.05) is 25.5 Å². The fraction of sp³-hybridized carbons (Fsp3) is 0.435. The van der Waals surface area contributed by atoms with Crippen LogP contribution in [-0.2, 0) is 4.79 Å².